The fraction of sp³-hybridized carbons (Fsp3) is 0. The Bertz CT molecular complexity index is 3360. The van der Waals surface area contributed by atoms with E-state index in [2.05, 4.69) is 169 Å². The third-order valence-corrected chi connectivity index (χ3v) is 11.5. The number of anilines is 3. The number of hydrogen-bond donors (Lipinski definition) is 0. The van der Waals surface area contributed by atoms with E-state index < -0.39 is 0 Å². The normalized spacial score (nSPS) is 11.8. The lowest BCUT2D eigenvalue weighted by Gasteiger charge is -2.26. The van der Waals surface area contributed by atoms with Gasteiger partial charge in [0.1, 0.15) is 33.5 Å². The molecule has 0 aliphatic heterocycles. The average molecular weight is 744 g/mol. The first-order chi connectivity index (χ1) is 28.7. The highest BCUT2D eigenvalue weighted by Gasteiger charge is 2.18. The van der Waals surface area contributed by atoms with Crippen LogP contribution in [0, 0.1) is 0 Å². The molecule has 0 aliphatic carbocycles. The maximum atomic E-state index is 6.42. The van der Waals surface area contributed by atoms with E-state index in [0.717, 1.165) is 116 Å². The third kappa shape index (κ3) is 5.16. The number of rotatable bonds is 6. The van der Waals surface area contributed by atoms with Gasteiger partial charge in [-0.1, -0.05) is 133 Å². The third-order valence-electron chi connectivity index (χ3n) is 11.5. The summed E-state index contributed by atoms with van der Waals surface area (Å²) in [6.07, 6.45) is 0. The van der Waals surface area contributed by atoms with Crippen molar-refractivity contribution in [3.8, 4) is 33.4 Å². The van der Waals surface area contributed by atoms with Crippen molar-refractivity contribution in [2.75, 3.05) is 4.90 Å². The summed E-state index contributed by atoms with van der Waals surface area (Å²) in [7, 11) is 0. The van der Waals surface area contributed by atoms with Gasteiger partial charge in [0.2, 0.25) is 0 Å². The predicted octanol–water partition coefficient (Wildman–Crippen LogP) is 15.9. The van der Waals surface area contributed by atoms with Crippen molar-refractivity contribution in [1.29, 1.82) is 0 Å². The van der Waals surface area contributed by atoms with Gasteiger partial charge in [-0.3, -0.25) is 0 Å². The lowest BCUT2D eigenvalue weighted by Crippen LogP contribution is -2.10. The minimum absolute atomic E-state index is 0.889. The Morgan fingerprint density at radius 1 is 0.259 bits per heavy atom. The maximum Gasteiger partial charge on any atom is 0.143 e. The van der Waals surface area contributed by atoms with E-state index in [1.807, 2.05) is 36.4 Å². The van der Waals surface area contributed by atoms with Crippen LogP contribution in [0.15, 0.2) is 213 Å². The molecule has 4 nitrogen and oxygen atoms in total. The molecule has 3 aromatic heterocycles. The Morgan fingerprint density at radius 2 is 0.690 bits per heavy atom. The van der Waals surface area contributed by atoms with Crippen molar-refractivity contribution in [2.45, 2.75) is 0 Å². The van der Waals surface area contributed by atoms with E-state index in [9.17, 15) is 0 Å². The van der Waals surface area contributed by atoms with Gasteiger partial charge in [-0.05, 0) is 89.0 Å². The highest BCUT2D eigenvalue weighted by atomic mass is 16.3. The highest BCUT2D eigenvalue weighted by Crippen LogP contribution is 2.42. The Kier molecular flexibility index (Phi) is 7.20. The standard InChI is InChI=1S/C54H33NO3/c1-5-20-50-43(12-1)46-17-8-15-41(53(46)57-50)34-22-27-38(28-23-34)55(39-29-24-35(25-30-39)42-16-9-18-47-44-13-2-6-21-51(44)58-54(42)47)40-11-7-10-36(32-40)37-26-31-52-48(33-37)45-14-3-4-19-49(45)56-52/h1-33H. The number of nitrogens with zero attached hydrogens (tertiary/aromatic N) is 1. The first kappa shape index (κ1) is 32.4. The average Bonchev–Trinajstić information content (AvgIpc) is 3.98. The first-order valence-electron chi connectivity index (χ1n) is 19.6. The largest absolute Gasteiger partial charge is 0.456 e. The molecule has 12 rings (SSSR count). The molecule has 4 heteroatoms. The van der Waals surface area contributed by atoms with Gasteiger partial charge in [-0.15, -0.1) is 0 Å². The van der Waals surface area contributed by atoms with Gasteiger partial charge in [0.15, 0.2) is 0 Å². The Balaban J connectivity index is 0.975. The minimum atomic E-state index is 0.889. The van der Waals surface area contributed by atoms with Crippen molar-refractivity contribution in [3.05, 3.63) is 200 Å². The van der Waals surface area contributed by atoms with Crippen LogP contribution in [0.5, 0.6) is 0 Å². The lowest BCUT2D eigenvalue weighted by atomic mass is 10.00. The van der Waals surface area contributed by atoms with Gasteiger partial charge in [0.05, 0.1) is 0 Å². The molecular weight excluding hydrogens is 711 g/mol. The molecule has 0 N–H and O–H groups in total. The predicted molar refractivity (Wildman–Crippen MR) is 239 cm³/mol. The SMILES string of the molecule is c1cc(-c2ccc3oc4ccccc4c3c2)cc(N(c2ccc(-c3cccc4c3oc3ccccc34)cc2)c2ccc(-c3cccc4c3oc3ccccc34)cc2)c1. The van der Waals surface area contributed by atoms with E-state index in [-0.39, 0.29) is 0 Å². The summed E-state index contributed by atoms with van der Waals surface area (Å²) in [4.78, 5) is 2.33. The molecule has 272 valence electrons. The van der Waals surface area contributed by atoms with E-state index in [4.69, 9.17) is 13.3 Å². The van der Waals surface area contributed by atoms with Crippen molar-refractivity contribution < 1.29 is 13.3 Å². The topological polar surface area (TPSA) is 42.7 Å². The van der Waals surface area contributed by atoms with E-state index in [1.54, 1.807) is 0 Å². The number of benzene rings is 9. The van der Waals surface area contributed by atoms with E-state index >= 15 is 0 Å². The molecule has 0 bridgehead atoms. The Labute approximate surface area is 333 Å². The zero-order valence-electron chi connectivity index (χ0n) is 31.2. The van der Waals surface area contributed by atoms with Crippen LogP contribution in [0.2, 0.25) is 0 Å². The first-order valence-corrected chi connectivity index (χ1v) is 19.6. The van der Waals surface area contributed by atoms with Crippen LogP contribution < -0.4 is 4.90 Å². The Hall–Kier alpha value is -7.82. The molecule has 0 unspecified atom stereocenters. The zero-order valence-corrected chi connectivity index (χ0v) is 31.2. The van der Waals surface area contributed by atoms with Crippen molar-refractivity contribution in [1.82, 2.24) is 0 Å². The molecule has 0 spiro atoms. The molecule has 0 saturated carbocycles. The quantitative estimate of drug-likeness (QED) is 0.170. The molecule has 0 atom stereocenters. The van der Waals surface area contributed by atoms with Crippen molar-refractivity contribution in [3.63, 3.8) is 0 Å². The number of para-hydroxylation sites is 5. The number of fused-ring (bicyclic) bond motifs is 9. The molecule has 0 radical (unpaired) electrons. The van der Waals surface area contributed by atoms with Crippen LogP contribution in [0.1, 0.15) is 0 Å². The zero-order chi connectivity index (χ0) is 38.2. The molecule has 0 fully saturated rings. The molecule has 0 aliphatic rings. The molecular formula is C54H33NO3. The molecule has 3 heterocycles. The molecule has 0 amide bonds. The van der Waals surface area contributed by atoms with Crippen molar-refractivity contribution in [2.24, 2.45) is 0 Å². The number of furan rings is 3. The van der Waals surface area contributed by atoms with Crippen molar-refractivity contribution >= 4 is 82.9 Å². The fourth-order valence-corrected chi connectivity index (χ4v) is 8.71. The van der Waals surface area contributed by atoms with Gasteiger partial charge < -0.3 is 18.2 Å². The molecule has 9 aromatic carbocycles. The van der Waals surface area contributed by atoms with Gasteiger partial charge in [-0.25, -0.2) is 0 Å². The van der Waals surface area contributed by atoms with Gasteiger partial charge in [-0.2, -0.15) is 0 Å². The summed E-state index contributed by atoms with van der Waals surface area (Å²) in [5.74, 6) is 0. The maximum absolute atomic E-state index is 6.42. The summed E-state index contributed by atoms with van der Waals surface area (Å²) in [6.45, 7) is 0. The van der Waals surface area contributed by atoms with Crippen LogP contribution in [-0.4, -0.2) is 0 Å². The molecule has 0 saturated heterocycles. The Morgan fingerprint density at radius 3 is 1.26 bits per heavy atom. The summed E-state index contributed by atoms with van der Waals surface area (Å²) in [5, 5.41) is 6.73. The van der Waals surface area contributed by atoms with Crippen LogP contribution in [0.25, 0.3) is 99.2 Å². The van der Waals surface area contributed by atoms with Gasteiger partial charge >= 0.3 is 0 Å². The van der Waals surface area contributed by atoms with Gasteiger partial charge in [0, 0.05) is 60.5 Å². The second-order valence-electron chi connectivity index (χ2n) is 14.8. The van der Waals surface area contributed by atoms with E-state index in [0.29, 0.717) is 0 Å². The van der Waals surface area contributed by atoms with E-state index in [1.165, 1.54) is 0 Å². The summed E-state index contributed by atoms with van der Waals surface area (Å²) < 4.78 is 19.0. The fourth-order valence-electron chi connectivity index (χ4n) is 8.71. The smallest absolute Gasteiger partial charge is 0.143 e. The van der Waals surface area contributed by atoms with Gasteiger partial charge in [0.25, 0.3) is 0 Å². The second-order valence-corrected chi connectivity index (χ2v) is 14.8. The summed E-state index contributed by atoms with van der Waals surface area (Å²) in [5.41, 5.74) is 15.1. The van der Waals surface area contributed by atoms with Crippen LogP contribution in [0.4, 0.5) is 17.1 Å². The minimum Gasteiger partial charge on any atom is -0.456 e. The monoisotopic (exact) mass is 743 g/mol. The number of hydrogen-bond acceptors (Lipinski definition) is 4. The van der Waals surface area contributed by atoms with Crippen LogP contribution in [0.3, 0.4) is 0 Å². The second kappa shape index (κ2) is 12.9. The van der Waals surface area contributed by atoms with Crippen LogP contribution in [-0.2, 0) is 0 Å². The molecule has 12 aromatic rings. The highest BCUT2D eigenvalue weighted by molar-refractivity contribution is 6.11. The lowest BCUT2D eigenvalue weighted by molar-refractivity contribution is 0.669. The van der Waals surface area contributed by atoms with Crippen LogP contribution >= 0.6 is 0 Å². The molecule has 58 heavy (non-hydrogen) atoms. The summed E-state index contributed by atoms with van der Waals surface area (Å²) in [6, 6.07) is 70.3. The summed E-state index contributed by atoms with van der Waals surface area (Å²) >= 11 is 0.